The molecule has 0 unspecified atom stereocenters. The maximum atomic E-state index is 11.4. The zero-order valence-corrected chi connectivity index (χ0v) is 13.3. The van der Waals surface area contributed by atoms with Crippen LogP contribution in [-0.2, 0) is 4.79 Å². The van der Waals surface area contributed by atoms with E-state index in [-0.39, 0.29) is 11.8 Å². The summed E-state index contributed by atoms with van der Waals surface area (Å²) in [6.07, 6.45) is 1.85. The summed E-state index contributed by atoms with van der Waals surface area (Å²) < 4.78 is 5.17. The summed E-state index contributed by atoms with van der Waals surface area (Å²) in [7, 11) is 1.65. The molecule has 6 heteroatoms. The number of benzene rings is 1. The predicted molar refractivity (Wildman–Crippen MR) is 88.2 cm³/mol. The number of nitrogens with zero attached hydrogens (tertiary/aromatic N) is 2. The van der Waals surface area contributed by atoms with Gasteiger partial charge >= 0.3 is 0 Å². The lowest BCUT2D eigenvalue weighted by Gasteiger charge is -2.30. The number of anilines is 1. The van der Waals surface area contributed by atoms with Crippen molar-refractivity contribution in [3.8, 4) is 17.0 Å². The molecule has 1 atom stereocenters. The van der Waals surface area contributed by atoms with Gasteiger partial charge in [0.05, 0.1) is 18.7 Å². The molecule has 1 aromatic carbocycles. The van der Waals surface area contributed by atoms with Gasteiger partial charge in [0.25, 0.3) is 0 Å². The molecule has 22 heavy (non-hydrogen) atoms. The van der Waals surface area contributed by atoms with Crippen molar-refractivity contribution < 1.29 is 9.53 Å². The summed E-state index contributed by atoms with van der Waals surface area (Å²) in [6.45, 7) is 1.60. The zero-order chi connectivity index (χ0) is 15.5. The Labute approximate surface area is 133 Å². The molecule has 5 nitrogen and oxygen atoms in total. The number of aromatic nitrogens is 1. The van der Waals surface area contributed by atoms with Crippen LogP contribution in [0.5, 0.6) is 5.75 Å². The quantitative estimate of drug-likeness (QED) is 0.941. The minimum atomic E-state index is -0.211. The van der Waals surface area contributed by atoms with Crippen LogP contribution in [0, 0.1) is 5.92 Å². The molecule has 0 aliphatic carbocycles. The Morgan fingerprint density at radius 3 is 2.86 bits per heavy atom. The number of piperidine rings is 1. The highest BCUT2D eigenvalue weighted by Crippen LogP contribution is 2.31. The van der Waals surface area contributed by atoms with Gasteiger partial charge in [-0.3, -0.25) is 4.79 Å². The smallest absolute Gasteiger partial charge is 0.222 e. The number of rotatable bonds is 4. The van der Waals surface area contributed by atoms with E-state index >= 15 is 0 Å². The number of carbonyl (C=O) groups excluding carboxylic acids is 1. The molecule has 1 aromatic heterocycles. The topological polar surface area (TPSA) is 68.5 Å². The summed E-state index contributed by atoms with van der Waals surface area (Å²) in [5, 5.41) is 3.00. The molecule has 1 saturated heterocycles. The van der Waals surface area contributed by atoms with Crippen LogP contribution in [0.25, 0.3) is 11.3 Å². The van der Waals surface area contributed by atoms with E-state index in [2.05, 4.69) is 4.90 Å². The van der Waals surface area contributed by atoms with E-state index in [1.165, 1.54) is 0 Å². The SMILES string of the molecule is COc1ccc(-c2csc(N3CCC[C@H](C(N)=O)C3)n2)cc1. The van der Waals surface area contributed by atoms with E-state index < -0.39 is 0 Å². The Morgan fingerprint density at radius 2 is 2.18 bits per heavy atom. The van der Waals surface area contributed by atoms with Gasteiger partial charge in [0.2, 0.25) is 5.91 Å². The van der Waals surface area contributed by atoms with Crippen molar-refractivity contribution in [2.24, 2.45) is 11.7 Å². The average Bonchev–Trinajstić information content (AvgIpc) is 3.05. The lowest BCUT2D eigenvalue weighted by molar-refractivity contribution is -0.122. The fourth-order valence-electron chi connectivity index (χ4n) is 2.69. The summed E-state index contributed by atoms with van der Waals surface area (Å²) in [4.78, 5) is 18.3. The number of amides is 1. The minimum absolute atomic E-state index is 0.0675. The fraction of sp³-hybridized carbons (Fsp3) is 0.375. The van der Waals surface area contributed by atoms with Gasteiger partial charge in [-0.1, -0.05) is 0 Å². The Bertz CT molecular complexity index is 654. The molecule has 0 spiro atoms. The van der Waals surface area contributed by atoms with Crippen molar-refractivity contribution >= 4 is 22.4 Å². The normalized spacial score (nSPS) is 18.2. The van der Waals surface area contributed by atoms with Crippen molar-refractivity contribution in [2.75, 3.05) is 25.1 Å². The molecular formula is C16H19N3O2S. The van der Waals surface area contributed by atoms with Gasteiger partial charge in [-0.05, 0) is 37.1 Å². The number of primary amides is 1. The highest BCUT2D eigenvalue weighted by atomic mass is 32.1. The van der Waals surface area contributed by atoms with Gasteiger partial charge in [-0.2, -0.15) is 0 Å². The molecule has 116 valence electrons. The lowest BCUT2D eigenvalue weighted by atomic mass is 9.98. The van der Waals surface area contributed by atoms with Crippen LogP contribution in [-0.4, -0.2) is 31.1 Å². The second-order valence-corrected chi connectivity index (χ2v) is 6.27. The first-order valence-electron chi connectivity index (χ1n) is 7.31. The number of methoxy groups -OCH3 is 1. The monoisotopic (exact) mass is 317 g/mol. The molecule has 2 heterocycles. The molecule has 0 bridgehead atoms. The summed E-state index contributed by atoms with van der Waals surface area (Å²) >= 11 is 1.61. The van der Waals surface area contributed by atoms with Crippen molar-refractivity contribution in [1.82, 2.24) is 4.98 Å². The number of hydrogen-bond donors (Lipinski definition) is 1. The molecule has 0 radical (unpaired) electrons. The third-order valence-electron chi connectivity index (χ3n) is 3.97. The van der Waals surface area contributed by atoms with E-state index in [4.69, 9.17) is 15.5 Å². The maximum Gasteiger partial charge on any atom is 0.222 e. The Kier molecular flexibility index (Phi) is 4.29. The van der Waals surface area contributed by atoms with Crippen LogP contribution in [0.4, 0.5) is 5.13 Å². The van der Waals surface area contributed by atoms with E-state index in [0.29, 0.717) is 6.54 Å². The van der Waals surface area contributed by atoms with E-state index in [9.17, 15) is 4.79 Å². The first-order chi connectivity index (χ1) is 10.7. The van der Waals surface area contributed by atoms with E-state index in [1.807, 2.05) is 29.6 Å². The molecule has 1 aliphatic heterocycles. The number of nitrogens with two attached hydrogens (primary N) is 1. The summed E-state index contributed by atoms with van der Waals surface area (Å²) in [5.74, 6) is 0.554. The highest BCUT2D eigenvalue weighted by Gasteiger charge is 2.25. The van der Waals surface area contributed by atoms with Gasteiger partial charge in [0.15, 0.2) is 5.13 Å². The second kappa shape index (κ2) is 6.36. The zero-order valence-electron chi connectivity index (χ0n) is 12.5. The van der Waals surface area contributed by atoms with Crippen LogP contribution < -0.4 is 15.4 Å². The average molecular weight is 317 g/mol. The second-order valence-electron chi connectivity index (χ2n) is 5.43. The Balaban J connectivity index is 1.76. The fourth-order valence-corrected chi connectivity index (χ4v) is 3.56. The molecule has 2 aromatic rings. The number of ether oxygens (including phenoxy) is 1. The van der Waals surface area contributed by atoms with Gasteiger partial charge in [-0.15, -0.1) is 11.3 Å². The first kappa shape index (κ1) is 14.8. The maximum absolute atomic E-state index is 11.4. The van der Waals surface area contributed by atoms with Crippen LogP contribution in [0.2, 0.25) is 0 Å². The highest BCUT2D eigenvalue weighted by molar-refractivity contribution is 7.14. The summed E-state index contributed by atoms with van der Waals surface area (Å²) in [5.41, 5.74) is 7.45. The Hall–Kier alpha value is -2.08. The molecule has 2 N–H and O–H groups in total. The summed E-state index contributed by atoms with van der Waals surface area (Å²) in [6, 6.07) is 7.86. The van der Waals surface area contributed by atoms with E-state index in [1.54, 1.807) is 18.4 Å². The largest absolute Gasteiger partial charge is 0.497 e. The molecule has 0 saturated carbocycles. The van der Waals surface area contributed by atoms with Gasteiger partial charge in [-0.25, -0.2) is 4.98 Å². The van der Waals surface area contributed by atoms with Crippen molar-refractivity contribution in [3.63, 3.8) is 0 Å². The standard InChI is InChI=1S/C16H19N3O2S/c1-21-13-6-4-11(5-7-13)14-10-22-16(18-14)19-8-2-3-12(9-19)15(17)20/h4-7,10,12H,2-3,8-9H2,1H3,(H2,17,20)/t12-/m0/s1. The number of thiazole rings is 1. The molecule has 3 rings (SSSR count). The van der Waals surface area contributed by atoms with Gasteiger partial charge < -0.3 is 15.4 Å². The van der Waals surface area contributed by atoms with Crippen molar-refractivity contribution in [1.29, 1.82) is 0 Å². The van der Waals surface area contributed by atoms with E-state index in [0.717, 1.165) is 41.5 Å². The Morgan fingerprint density at radius 1 is 1.41 bits per heavy atom. The predicted octanol–water partition coefficient (Wildman–Crippen LogP) is 2.52. The van der Waals surface area contributed by atoms with Gasteiger partial charge in [0, 0.05) is 24.0 Å². The van der Waals surface area contributed by atoms with Crippen molar-refractivity contribution in [2.45, 2.75) is 12.8 Å². The molecular weight excluding hydrogens is 298 g/mol. The first-order valence-corrected chi connectivity index (χ1v) is 8.19. The van der Waals surface area contributed by atoms with Crippen LogP contribution in [0.3, 0.4) is 0 Å². The lowest BCUT2D eigenvalue weighted by Crippen LogP contribution is -2.41. The molecule has 1 amide bonds. The number of carbonyl (C=O) groups is 1. The van der Waals surface area contributed by atoms with Crippen molar-refractivity contribution in [3.05, 3.63) is 29.6 Å². The molecule has 1 aliphatic rings. The number of hydrogen-bond acceptors (Lipinski definition) is 5. The minimum Gasteiger partial charge on any atom is -0.497 e. The van der Waals surface area contributed by atoms with Crippen LogP contribution in [0.15, 0.2) is 29.6 Å². The molecule has 1 fully saturated rings. The van der Waals surface area contributed by atoms with Crippen LogP contribution in [0.1, 0.15) is 12.8 Å². The third-order valence-corrected chi connectivity index (χ3v) is 4.87. The third kappa shape index (κ3) is 3.06. The van der Waals surface area contributed by atoms with Gasteiger partial charge in [0.1, 0.15) is 5.75 Å². The van der Waals surface area contributed by atoms with Crippen LogP contribution >= 0.6 is 11.3 Å².